The van der Waals surface area contributed by atoms with E-state index in [1.165, 1.54) is 0 Å². The predicted octanol–water partition coefficient (Wildman–Crippen LogP) is 1.98. The van der Waals surface area contributed by atoms with Crippen LogP contribution >= 0.6 is 15.9 Å². The van der Waals surface area contributed by atoms with Crippen LogP contribution in [0.25, 0.3) is 0 Å². The lowest BCUT2D eigenvalue weighted by molar-refractivity contribution is 0.0374. The van der Waals surface area contributed by atoms with Crippen LogP contribution in [0.3, 0.4) is 0 Å². The molecule has 1 aliphatic rings. The van der Waals surface area contributed by atoms with Crippen LogP contribution in [0.2, 0.25) is 0 Å². The molecule has 0 amide bonds. The lowest BCUT2D eigenvalue weighted by atomic mass is 10.2. The molecule has 0 saturated carbocycles. The summed E-state index contributed by atoms with van der Waals surface area (Å²) >= 11 is 3.34. The van der Waals surface area contributed by atoms with E-state index in [2.05, 4.69) is 26.1 Å². The van der Waals surface area contributed by atoms with Crippen molar-refractivity contribution in [1.82, 2.24) is 10.2 Å². The van der Waals surface area contributed by atoms with Gasteiger partial charge in [0.2, 0.25) is 0 Å². The van der Waals surface area contributed by atoms with Gasteiger partial charge in [-0.15, -0.1) is 0 Å². The monoisotopic (exact) mass is 358 g/mol. The molecule has 0 unspecified atom stereocenters. The number of nitrogens with one attached hydrogen (secondary N) is 1. The maximum atomic E-state index is 9.77. The Morgan fingerprint density at radius 3 is 2.86 bits per heavy atom. The van der Waals surface area contributed by atoms with Gasteiger partial charge in [-0.3, -0.25) is 4.90 Å². The first kappa shape index (κ1) is 16.5. The zero-order valence-electron chi connectivity index (χ0n) is 12.4. The van der Waals surface area contributed by atoms with Gasteiger partial charge in [0.1, 0.15) is 0 Å². The van der Waals surface area contributed by atoms with E-state index in [0.717, 1.165) is 57.9 Å². The third kappa shape index (κ3) is 5.14. The quantitative estimate of drug-likeness (QED) is 0.730. The summed E-state index contributed by atoms with van der Waals surface area (Å²) < 4.78 is 11.1. The molecule has 0 spiro atoms. The molecular formula is C15H23BrN2O3. The molecule has 0 bridgehead atoms. The second-order valence-electron chi connectivity index (χ2n) is 5.11. The number of rotatable bonds is 7. The Bertz CT molecular complexity index is 451. The van der Waals surface area contributed by atoms with E-state index in [0.29, 0.717) is 10.2 Å². The van der Waals surface area contributed by atoms with Crippen LogP contribution < -0.4 is 10.1 Å². The van der Waals surface area contributed by atoms with Gasteiger partial charge in [0.15, 0.2) is 11.5 Å². The van der Waals surface area contributed by atoms with Crippen LogP contribution in [-0.2, 0) is 11.3 Å². The molecule has 0 aliphatic carbocycles. The highest BCUT2D eigenvalue weighted by Crippen LogP contribution is 2.35. The van der Waals surface area contributed by atoms with Crippen LogP contribution in [0.4, 0.5) is 0 Å². The van der Waals surface area contributed by atoms with E-state index in [-0.39, 0.29) is 5.75 Å². The Kier molecular flexibility index (Phi) is 6.76. The summed E-state index contributed by atoms with van der Waals surface area (Å²) in [6, 6.07) is 3.77. The van der Waals surface area contributed by atoms with Gasteiger partial charge < -0.3 is 19.9 Å². The fourth-order valence-electron chi connectivity index (χ4n) is 2.37. The highest BCUT2D eigenvalue weighted by atomic mass is 79.9. The lowest BCUT2D eigenvalue weighted by Gasteiger charge is -2.26. The number of halogens is 1. The molecule has 1 aliphatic heterocycles. The number of hydrogen-bond acceptors (Lipinski definition) is 5. The maximum Gasteiger partial charge on any atom is 0.172 e. The van der Waals surface area contributed by atoms with Crippen molar-refractivity contribution in [3.63, 3.8) is 0 Å². The van der Waals surface area contributed by atoms with Gasteiger partial charge in [-0.05, 0) is 53.1 Å². The molecule has 0 radical (unpaired) electrons. The minimum atomic E-state index is 0.147. The summed E-state index contributed by atoms with van der Waals surface area (Å²) in [5, 5.41) is 13.2. The van der Waals surface area contributed by atoms with Gasteiger partial charge in [0, 0.05) is 19.6 Å². The van der Waals surface area contributed by atoms with Crippen LogP contribution in [0.5, 0.6) is 11.5 Å². The number of phenolic OH excluding ortho intramolecular Hbond substituents is 1. The van der Waals surface area contributed by atoms with Crippen molar-refractivity contribution < 1.29 is 14.6 Å². The lowest BCUT2D eigenvalue weighted by Crippen LogP contribution is -2.37. The molecule has 0 atom stereocenters. The van der Waals surface area contributed by atoms with Gasteiger partial charge in [-0.25, -0.2) is 0 Å². The van der Waals surface area contributed by atoms with Gasteiger partial charge in [0.25, 0.3) is 0 Å². The number of nitrogens with zero attached hydrogens (tertiary/aromatic N) is 1. The van der Waals surface area contributed by atoms with Crippen molar-refractivity contribution in [3.8, 4) is 11.5 Å². The normalized spacial score (nSPS) is 16.1. The molecule has 2 N–H and O–H groups in total. The second-order valence-corrected chi connectivity index (χ2v) is 5.97. The summed E-state index contributed by atoms with van der Waals surface area (Å²) in [7, 11) is 1.56. The van der Waals surface area contributed by atoms with E-state index in [1.54, 1.807) is 7.11 Å². The third-order valence-corrected chi connectivity index (χ3v) is 4.17. The largest absolute Gasteiger partial charge is 0.503 e. The molecule has 118 valence electrons. The van der Waals surface area contributed by atoms with Crippen molar-refractivity contribution in [3.05, 3.63) is 22.2 Å². The molecule has 21 heavy (non-hydrogen) atoms. The third-order valence-electron chi connectivity index (χ3n) is 3.57. The van der Waals surface area contributed by atoms with Gasteiger partial charge in [-0.1, -0.05) is 0 Å². The smallest absolute Gasteiger partial charge is 0.172 e. The van der Waals surface area contributed by atoms with Gasteiger partial charge in [0.05, 0.1) is 24.8 Å². The number of methoxy groups -OCH3 is 1. The standard InChI is InChI=1S/C15H23BrN2O3/c1-20-14-10-12(9-13(16)15(14)19)11-17-3-2-4-18-5-7-21-8-6-18/h9-10,17,19H,2-8,11H2,1H3. The van der Waals surface area contributed by atoms with Crippen molar-refractivity contribution in [2.45, 2.75) is 13.0 Å². The number of phenols is 1. The molecular weight excluding hydrogens is 336 g/mol. The van der Waals surface area contributed by atoms with E-state index in [9.17, 15) is 5.11 Å². The Labute approximate surface area is 134 Å². The maximum absolute atomic E-state index is 9.77. The summed E-state index contributed by atoms with van der Waals surface area (Å²) in [4.78, 5) is 2.44. The summed E-state index contributed by atoms with van der Waals surface area (Å²) in [5.41, 5.74) is 1.09. The number of benzene rings is 1. The van der Waals surface area contributed by atoms with Crippen molar-refractivity contribution in [1.29, 1.82) is 0 Å². The molecule has 5 nitrogen and oxygen atoms in total. The van der Waals surface area contributed by atoms with E-state index in [1.807, 2.05) is 12.1 Å². The SMILES string of the molecule is COc1cc(CNCCCN2CCOCC2)cc(Br)c1O. The zero-order chi connectivity index (χ0) is 15.1. The average molecular weight is 359 g/mol. The average Bonchev–Trinajstić information content (AvgIpc) is 2.51. The Hall–Kier alpha value is -0.820. The van der Waals surface area contributed by atoms with E-state index in [4.69, 9.17) is 9.47 Å². The number of hydrogen-bond donors (Lipinski definition) is 2. The fraction of sp³-hybridized carbons (Fsp3) is 0.600. The molecule has 1 aromatic carbocycles. The number of morpholine rings is 1. The molecule has 0 aromatic heterocycles. The van der Waals surface area contributed by atoms with Crippen LogP contribution in [0.15, 0.2) is 16.6 Å². The van der Waals surface area contributed by atoms with Crippen molar-refractivity contribution in [2.24, 2.45) is 0 Å². The predicted molar refractivity (Wildman–Crippen MR) is 85.9 cm³/mol. The highest BCUT2D eigenvalue weighted by molar-refractivity contribution is 9.10. The summed E-state index contributed by atoms with van der Waals surface area (Å²) in [5.74, 6) is 0.642. The number of aromatic hydroxyl groups is 1. The van der Waals surface area contributed by atoms with E-state index >= 15 is 0 Å². The van der Waals surface area contributed by atoms with Crippen molar-refractivity contribution in [2.75, 3.05) is 46.5 Å². The minimum Gasteiger partial charge on any atom is -0.503 e. The summed E-state index contributed by atoms with van der Waals surface area (Å²) in [6.07, 6.45) is 1.12. The first-order valence-corrected chi connectivity index (χ1v) is 8.06. The molecule has 1 aromatic rings. The number of ether oxygens (including phenoxy) is 2. The second kappa shape index (κ2) is 8.58. The minimum absolute atomic E-state index is 0.147. The Balaban J connectivity index is 1.69. The zero-order valence-corrected chi connectivity index (χ0v) is 14.0. The topological polar surface area (TPSA) is 54.0 Å². The van der Waals surface area contributed by atoms with E-state index < -0.39 is 0 Å². The Morgan fingerprint density at radius 2 is 2.14 bits per heavy atom. The Morgan fingerprint density at radius 1 is 1.38 bits per heavy atom. The fourth-order valence-corrected chi connectivity index (χ4v) is 2.86. The van der Waals surface area contributed by atoms with Gasteiger partial charge in [-0.2, -0.15) is 0 Å². The molecule has 6 heteroatoms. The summed E-state index contributed by atoms with van der Waals surface area (Å²) in [6.45, 7) is 6.64. The molecule has 2 rings (SSSR count). The van der Waals surface area contributed by atoms with Gasteiger partial charge >= 0.3 is 0 Å². The van der Waals surface area contributed by atoms with Crippen LogP contribution in [0, 0.1) is 0 Å². The first-order valence-electron chi connectivity index (χ1n) is 7.27. The first-order chi connectivity index (χ1) is 10.2. The molecule has 1 saturated heterocycles. The van der Waals surface area contributed by atoms with Crippen molar-refractivity contribution >= 4 is 15.9 Å². The highest BCUT2D eigenvalue weighted by Gasteiger charge is 2.10. The molecule has 1 heterocycles. The van der Waals surface area contributed by atoms with Crippen LogP contribution in [-0.4, -0.2) is 56.5 Å². The molecule has 1 fully saturated rings. The van der Waals surface area contributed by atoms with Crippen LogP contribution in [0.1, 0.15) is 12.0 Å².